The molecule has 1 heterocycles. The predicted octanol–water partition coefficient (Wildman–Crippen LogP) is 2.82. The van der Waals surface area contributed by atoms with E-state index in [0.717, 1.165) is 12.8 Å². The molecule has 1 fully saturated rings. The largest absolute Gasteiger partial charge is 0.338 e. The molecule has 2 rings (SSSR count). The summed E-state index contributed by atoms with van der Waals surface area (Å²) in [7, 11) is 0. The molecule has 0 aromatic heterocycles. The fraction of sp³-hybridized carbons (Fsp3) is 0.462. The number of likely N-dealkylation sites (tertiary alicyclic amines) is 1. The van der Waals surface area contributed by atoms with E-state index in [2.05, 4.69) is 15.9 Å². The summed E-state index contributed by atoms with van der Waals surface area (Å²) < 4.78 is 14.4. The smallest absolute Gasteiger partial charge is 0.256 e. The zero-order chi connectivity index (χ0) is 13.1. The van der Waals surface area contributed by atoms with Crippen LogP contribution < -0.4 is 5.73 Å². The SMILES string of the molecule is Cl.NCC1CCCN(C(=O)c2cc(Br)ccc2F)C1. The molecule has 1 unspecified atom stereocenters. The Morgan fingerprint density at radius 1 is 1.53 bits per heavy atom. The summed E-state index contributed by atoms with van der Waals surface area (Å²) in [6.45, 7) is 1.88. The lowest BCUT2D eigenvalue weighted by atomic mass is 9.97. The van der Waals surface area contributed by atoms with E-state index in [0.29, 0.717) is 30.0 Å². The van der Waals surface area contributed by atoms with Crippen molar-refractivity contribution in [3.05, 3.63) is 34.1 Å². The summed E-state index contributed by atoms with van der Waals surface area (Å²) in [5, 5.41) is 0. The summed E-state index contributed by atoms with van der Waals surface area (Å²) in [6.07, 6.45) is 1.98. The Bertz CT molecular complexity index is 458. The quantitative estimate of drug-likeness (QED) is 0.890. The molecule has 1 aliphatic heterocycles. The molecule has 0 spiro atoms. The average molecular weight is 352 g/mol. The van der Waals surface area contributed by atoms with Crippen LogP contribution in [0.1, 0.15) is 23.2 Å². The maximum absolute atomic E-state index is 13.7. The van der Waals surface area contributed by atoms with E-state index in [4.69, 9.17) is 5.73 Å². The highest BCUT2D eigenvalue weighted by Crippen LogP contribution is 2.21. The molecular formula is C13H17BrClFN2O. The number of rotatable bonds is 2. The van der Waals surface area contributed by atoms with Gasteiger partial charge in [-0.25, -0.2) is 4.39 Å². The normalized spacial score (nSPS) is 18.9. The van der Waals surface area contributed by atoms with Crippen LogP contribution in [0.5, 0.6) is 0 Å². The number of halogens is 3. The Morgan fingerprint density at radius 3 is 2.95 bits per heavy atom. The summed E-state index contributed by atoms with van der Waals surface area (Å²) in [4.78, 5) is 14.0. The van der Waals surface area contributed by atoms with Gasteiger partial charge in [-0.15, -0.1) is 12.4 Å². The van der Waals surface area contributed by atoms with E-state index in [1.807, 2.05) is 0 Å². The van der Waals surface area contributed by atoms with Crippen LogP contribution >= 0.6 is 28.3 Å². The van der Waals surface area contributed by atoms with E-state index in [1.54, 1.807) is 11.0 Å². The molecule has 3 nitrogen and oxygen atoms in total. The summed E-state index contributed by atoms with van der Waals surface area (Å²) >= 11 is 3.26. The van der Waals surface area contributed by atoms with Crippen molar-refractivity contribution in [1.82, 2.24) is 4.90 Å². The number of piperidine rings is 1. The molecule has 2 N–H and O–H groups in total. The zero-order valence-electron chi connectivity index (χ0n) is 10.4. The molecule has 19 heavy (non-hydrogen) atoms. The summed E-state index contributed by atoms with van der Waals surface area (Å²) in [6, 6.07) is 4.43. The number of carbonyl (C=O) groups excluding carboxylic acids is 1. The first-order valence-electron chi connectivity index (χ1n) is 6.06. The molecule has 1 aromatic rings. The number of nitrogens with zero attached hydrogens (tertiary/aromatic N) is 1. The second-order valence-corrected chi connectivity index (χ2v) is 5.53. The van der Waals surface area contributed by atoms with Gasteiger partial charge in [0, 0.05) is 17.6 Å². The van der Waals surface area contributed by atoms with Gasteiger partial charge in [-0.2, -0.15) is 0 Å². The van der Waals surface area contributed by atoms with Gasteiger partial charge in [0.1, 0.15) is 5.82 Å². The van der Waals surface area contributed by atoms with Gasteiger partial charge >= 0.3 is 0 Å². The highest BCUT2D eigenvalue weighted by Gasteiger charge is 2.25. The van der Waals surface area contributed by atoms with E-state index in [1.165, 1.54) is 12.1 Å². The topological polar surface area (TPSA) is 46.3 Å². The second-order valence-electron chi connectivity index (χ2n) is 4.62. The van der Waals surface area contributed by atoms with Gasteiger partial charge in [0.25, 0.3) is 5.91 Å². The maximum atomic E-state index is 13.7. The van der Waals surface area contributed by atoms with E-state index in [-0.39, 0.29) is 23.9 Å². The molecule has 0 aliphatic carbocycles. The molecule has 1 amide bonds. The van der Waals surface area contributed by atoms with Gasteiger partial charge < -0.3 is 10.6 Å². The minimum Gasteiger partial charge on any atom is -0.338 e. The van der Waals surface area contributed by atoms with Crippen LogP contribution in [0.15, 0.2) is 22.7 Å². The third-order valence-corrected chi connectivity index (χ3v) is 3.79. The molecule has 1 atom stereocenters. The molecule has 1 saturated heterocycles. The molecule has 1 aliphatic rings. The number of benzene rings is 1. The first kappa shape index (κ1) is 16.4. The minimum absolute atomic E-state index is 0. The van der Waals surface area contributed by atoms with Gasteiger partial charge in [0.15, 0.2) is 0 Å². The van der Waals surface area contributed by atoms with E-state index < -0.39 is 5.82 Å². The Hall–Kier alpha value is -0.650. The number of nitrogens with two attached hydrogens (primary N) is 1. The van der Waals surface area contributed by atoms with Crippen molar-refractivity contribution < 1.29 is 9.18 Å². The van der Waals surface area contributed by atoms with E-state index in [9.17, 15) is 9.18 Å². The van der Waals surface area contributed by atoms with Crippen molar-refractivity contribution >= 4 is 34.2 Å². The van der Waals surface area contributed by atoms with Crippen molar-refractivity contribution in [2.24, 2.45) is 11.7 Å². The van der Waals surface area contributed by atoms with Crippen molar-refractivity contribution in [3.8, 4) is 0 Å². The number of hydrogen-bond donors (Lipinski definition) is 1. The molecule has 0 saturated carbocycles. The Morgan fingerprint density at radius 2 is 2.26 bits per heavy atom. The molecule has 1 aromatic carbocycles. The van der Waals surface area contributed by atoms with Gasteiger partial charge in [-0.3, -0.25) is 4.79 Å². The third kappa shape index (κ3) is 3.91. The van der Waals surface area contributed by atoms with Gasteiger partial charge in [0.2, 0.25) is 0 Å². The first-order chi connectivity index (χ1) is 8.61. The molecular weight excluding hydrogens is 335 g/mol. The van der Waals surface area contributed by atoms with Crippen molar-refractivity contribution in [2.75, 3.05) is 19.6 Å². The van der Waals surface area contributed by atoms with Crippen LogP contribution in [0.2, 0.25) is 0 Å². The highest BCUT2D eigenvalue weighted by molar-refractivity contribution is 9.10. The Labute approximate surface area is 126 Å². The molecule has 106 valence electrons. The fourth-order valence-electron chi connectivity index (χ4n) is 2.27. The van der Waals surface area contributed by atoms with Crippen LogP contribution in [-0.4, -0.2) is 30.4 Å². The molecule has 0 bridgehead atoms. The van der Waals surface area contributed by atoms with Crippen LogP contribution in [-0.2, 0) is 0 Å². The van der Waals surface area contributed by atoms with Crippen molar-refractivity contribution in [2.45, 2.75) is 12.8 Å². The van der Waals surface area contributed by atoms with Crippen molar-refractivity contribution in [3.63, 3.8) is 0 Å². The lowest BCUT2D eigenvalue weighted by Crippen LogP contribution is -2.42. The fourth-order valence-corrected chi connectivity index (χ4v) is 2.63. The van der Waals surface area contributed by atoms with Crippen LogP contribution in [0.3, 0.4) is 0 Å². The first-order valence-corrected chi connectivity index (χ1v) is 6.85. The lowest BCUT2D eigenvalue weighted by molar-refractivity contribution is 0.0673. The predicted molar refractivity (Wildman–Crippen MR) is 79.0 cm³/mol. The third-order valence-electron chi connectivity index (χ3n) is 3.30. The van der Waals surface area contributed by atoms with Gasteiger partial charge in [0.05, 0.1) is 5.56 Å². The summed E-state index contributed by atoms with van der Waals surface area (Å²) in [5.41, 5.74) is 5.77. The van der Waals surface area contributed by atoms with Crippen LogP contribution in [0.4, 0.5) is 4.39 Å². The van der Waals surface area contributed by atoms with Gasteiger partial charge in [-0.1, -0.05) is 15.9 Å². The monoisotopic (exact) mass is 350 g/mol. The lowest BCUT2D eigenvalue weighted by Gasteiger charge is -2.32. The highest BCUT2D eigenvalue weighted by atomic mass is 79.9. The Balaban J connectivity index is 0.00000180. The van der Waals surface area contributed by atoms with E-state index >= 15 is 0 Å². The van der Waals surface area contributed by atoms with Gasteiger partial charge in [-0.05, 0) is 43.5 Å². The zero-order valence-corrected chi connectivity index (χ0v) is 12.8. The maximum Gasteiger partial charge on any atom is 0.256 e. The second kappa shape index (κ2) is 7.22. The molecule has 0 radical (unpaired) electrons. The molecule has 6 heteroatoms. The number of hydrogen-bond acceptors (Lipinski definition) is 2. The minimum atomic E-state index is -0.474. The van der Waals surface area contributed by atoms with Crippen molar-refractivity contribution in [1.29, 1.82) is 0 Å². The summed E-state index contributed by atoms with van der Waals surface area (Å²) in [5.74, 6) is -0.386. The number of carbonyl (C=O) groups is 1. The van der Waals surface area contributed by atoms with Crippen LogP contribution in [0, 0.1) is 11.7 Å². The average Bonchev–Trinajstić information content (AvgIpc) is 2.41. The van der Waals surface area contributed by atoms with Crippen LogP contribution in [0.25, 0.3) is 0 Å². The number of amides is 1. The Kier molecular flexibility index (Phi) is 6.23. The standard InChI is InChI=1S/C13H16BrFN2O.ClH/c14-10-3-4-12(15)11(6-10)13(18)17-5-1-2-9(7-16)8-17;/h3-4,6,9H,1-2,5,7-8,16H2;1H.